The van der Waals surface area contributed by atoms with Crippen LogP contribution in [0.3, 0.4) is 0 Å². The van der Waals surface area contributed by atoms with Gasteiger partial charge in [-0.15, -0.1) is 11.6 Å². The van der Waals surface area contributed by atoms with Crippen molar-refractivity contribution >= 4 is 22.5 Å². The van der Waals surface area contributed by atoms with Crippen LogP contribution in [0.4, 0.5) is 0 Å². The van der Waals surface area contributed by atoms with E-state index in [1.165, 1.54) is 12.0 Å². The van der Waals surface area contributed by atoms with Gasteiger partial charge in [-0.1, -0.05) is 37.1 Å². The van der Waals surface area contributed by atoms with E-state index in [0.29, 0.717) is 5.69 Å². The highest BCUT2D eigenvalue weighted by atomic mass is 35.5. The van der Waals surface area contributed by atoms with Crippen molar-refractivity contribution in [3.05, 3.63) is 59.5 Å². The predicted octanol–water partition coefficient (Wildman–Crippen LogP) is 5.74. The number of benzene rings is 1. The lowest BCUT2D eigenvalue weighted by molar-refractivity contribution is 0.453. The molecule has 0 saturated heterocycles. The zero-order valence-electron chi connectivity index (χ0n) is 14.7. The zero-order valence-corrected chi connectivity index (χ0v) is 15.5. The van der Waals surface area contributed by atoms with Crippen LogP contribution in [0.5, 0.6) is 0 Å². The molecule has 4 rings (SSSR count). The van der Waals surface area contributed by atoms with Crippen LogP contribution in [0.2, 0.25) is 0 Å². The van der Waals surface area contributed by atoms with E-state index >= 15 is 0 Å². The average Bonchev–Trinajstić information content (AvgIpc) is 2.67. The number of fused-ring (bicyclic) bond motifs is 1. The number of para-hydroxylation sites is 1. The van der Waals surface area contributed by atoms with Crippen molar-refractivity contribution < 1.29 is 0 Å². The molecule has 0 aliphatic heterocycles. The molecule has 130 valence electrons. The third-order valence-corrected chi connectivity index (χ3v) is 5.89. The van der Waals surface area contributed by atoms with Crippen molar-refractivity contribution in [2.24, 2.45) is 0 Å². The molecule has 26 heavy (non-hydrogen) atoms. The fourth-order valence-electron chi connectivity index (χ4n) is 4.14. The lowest BCUT2D eigenvalue weighted by Crippen LogP contribution is -2.19. The van der Waals surface area contributed by atoms with Crippen molar-refractivity contribution in [2.45, 2.75) is 43.9 Å². The van der Waals surface area contributed by atoms with Gasteiger partial charge in [-0.2, -0.15) is 5.26 Å². The van der Waals surface area contributed by atoms with Gasteiger partial charge in [0.1, 0.15) is 11.8 Å². The highest BCUT2D eigenvalue weighted by Gasteiger charge is 2.31. The smallest absolute Gasteiger partial charge is 0.149 e. The first-order valence-electron chi connectivity index (χ1n) is 9.09. The maximum atomic E-state index is 9.85. The Morgan fingerprint density at radius 1 is 1.12 bits per heavy atom. The molecule has 0 N–H and O–H groups in total. The van der Waals surface area contributed by atoms with Crippen LogP contribution in [0.25, 0.3) is 22.0 Å². The molecule has 1 fully saturated rings. The van der Waals surface area contributed by atoms with Crippen LogP contribution in [0.15, 0.2) is 42.6 Å². The molecule has 4 heteroatoms. The molecule has 0 spiro atoms. The first kappa shape index (κ1) is 17.0. The molecule has 2 unspecified atom stereocenters. The molecule has 0 bridgehead atoms. The SMILES string of the molecule is Cc1ncccc1-c1c(C#N)nc2ccccc2c1C1CCCCC1Cl. The molecule has 1 saturated carbocycles. The maximum Gasteiger partial charge on any atom is 0.149 e. The normalized spacial score (nSPS) is 20.0. The van der Waals surface area contributed by atoms with Crippen molar-refractivity contribution in [3.63, 3.8) is 0 Å². The first-order valence-corrected chi connectivity index (χ1v) is 9.53. The van der Waals surface area contributed by atoms with Crippen LogP contribution in [0.1, 0.15) is 48.6 Å². The molecule has 1 aliphatic rings. The van der Waals surface area contributed by atoms with Gasteiger partial charge in [0.25, 0.3) is 0 Å². The van der Waals surface area contributed by atoms with Crippen LogP contribution >= 0.6 is 11.6 Å². The number of aromatic nitrogens is 2. The highest BCUT2D eigenvalue weighted by Crippen LogP contribution is 2.45. The number of hydrogen-bond donors (Lipinski definition) is 0. The van der Waals surface area contributed by atoms with Crippen molar-refractivity contribution in [1.82, 2.24) is 9.97 Å². The van der Waals surface area contributed by atoms with Crippen molar-refractivity contribution in [3.8, 4) is 17.2 Å². The standard InChI is InChI=1S/C22H20ClN3/c1-14-15(9-6-12-25-14)22-20(13-24)26-19-11-5-3-8-17(19)21(22)16-7-2-4-10-18(16)23/h3,5-6,8-9,11-12,16,18H,2,4,7,10H2,1H3. The summed E-state index contributed by atoms with van der Waals surface area (Å²) in [7, 11) is 0. The second-order valence-corrected chi connectivity index (χ2v) is 7.48. The third-order valence-electron chi connectivity index (χ3n) is 5.37. The molecule has 2 heterocycles. The minimum Gasteiger partial charge on any atom is -0.261 e. The molecule has 3 nitrogen and oxygen atoms in total. The topological polar surface area (TPSA) is 49.6 Å². The molecule has 1 aromatic carbocycles. The Balaban J connectivity index is 2.10. The number of nitrogens with zero attached hydrogens (tertiary/aromatic N) is 3. The number of pyridine rings is 2. The monoisotopic (exact) mass is 361 g/mol. The lowest BCUT2D eigenvalue weighted by Gasteiger charge is -2.30. The van der Waals surface area contributed by atoms with E-state index in [4.69, 9.17) is 11.6 Å². The van der Waals surface area contributed by atoms with Crippen LogP contribution < -0.4 is 0 Å². The summed E-state index contributed by atoms with van der Waals surface area (Å²) >= 11 is 6.79. The summed E-state index contributed by atoms with van der Waals surface area (Å²) in [6, 6.07) is 14.4. The third kappa shape index (κ3) is 2.85. The molecule has 1 aliphatic carbocycles. The number of halogens is 1. The van der Waals surface area contributed by atoms with E-state index < -0.39 is 0 Å². The summed E-state index contributed by atoms with van der Waals surface area (Å²) in [5.74, 6) is 0.222. The Kier molecular flexibility index (Phi) is 4.61. The van der Waals surface area contributed by atoms with Gasteiger partial charge >= 0.3 is 0 Å². The van der Waals surface area contributed by atoms with Gasteiger partial charge in [0, 0.05) is 39.7 Å². The number of aryl methyl sites for hydroxylation is 1. The Morgan fingerprint density at radius 3 is 2.69 bits per heavy atom. The largest absolute Gasteiger partial charge is 0.261 e. The zero-order chi connectivity index (χ0) is 18.1. The fraction of sp³-hybridized carbons (Fsp3) is 0.318. The van der Waals surface area contributed by atoms with Crippen LogP contribution in [-0.2, 0) is 0 Å². The molecule has 2 aromatic heterocycles. The van der Waals surface area contributed by atoms with Crippen molar-refractivity contribution in [2.75, 3.05) is 0 Å². The first-order chi connectivity index (χ1) is 12.7. The van der Waals surface area contributed by atoms with E-state index in [-0.39, 0.29) is 11.3 Å². The van der Waals surface area contributed by atoms with E-state index in [1.807, 2.05) is 37.3 Å². The second kappa shape index (κ2) is 7.05. The fourth-order valence-corrected chi connectivity index (χ4v) is 4.54. The van der Waals surface area contributed by atoms with Gasteiger partial charge in [0.15, 0.2) is 0 Å². The number of hydrogen-bond acceptors (Lipinski definition) is 3. The van der Waals surface area contributed by atoms with E-state index in [9.17, 15) is 5.26 Å². The summed E-state index contributed by atoms with van der Waals surface area (Å²) in [5.41, 5.74) is 5.29. The summed E-state index contributed by atoms with van der Waals surface area (Å²) in [6.07, 6.45) is 6.16. The quantitative estimate of drug-likeness (QED) is 0.546. The summed E-state index contributed by atoms with van der Waals surface area (Å²) in [5, 5.41) is 11.0. The van der Waals surface area contributed by atoms with Gasteiger partial charge in [-0.25, -0.2) is 4.98 Å². The molecular weight excluding hydrogens is 342 g/mol. The Hall–Kier alpha value is -2.44. The van der Waals surface area contributed by atoms with E-state index in [1.54, 1.807) is 6.20 Å². The Bertz CT molecular complexity index is 1010. The molecule has 0 radical (unpaired) electrons. The highest BCUT2D eigenvalue weighted by molar-refractivity contribution is 6.21. The maximum absolute atomic E-state index is 9.85. The number of rotatable bonds is 2. The Labute approximate surface area is 158 Å². The summed E-state index contributed by atoms with van der Waals surface area (Å²) in [4.78, 5) is 9.11. The van der Waals surface area contributed by atoms with Crippen LogP contribution in [0, 0.1) is 18.3 Å². The van der Waals surface area contributed by atoms with Gasteiger partial charge in [0.2, 0.25) is 0 Å². The average molecular weight is 362 g/mol. The number of alkyl halides is 1. The van der Waals surface area contributed by atoms with E-state index in [0.717, 1.165) is 47.0 Å². The van der Waals surface area contributed by atoms with Gasteiger partial charge in [-0.3, -0.25) is 4.98 Å². The molecule has 3 aromatic rings. The van der Waals surface area contributed by atoms with Gasteiger partial charge in [-0.05, 0) is 37.5 Å². The van der Waals surface area contributed by atoms with Gasteiger partial charge < -0.3 is 0 Å². The molecule has 2 atom stereocenters. The number of nitriles is 1. The minimum atomic E-state index is 0.0804. The lowest BCUT2D eigenvalue weighted by atomic mass is 9.78. The predicted molar refractivity (Wildman–Crippen MR) is 105 cm³/mol. The van der Waals surface area contributed by atoms with Crippen LogP contribution in [-0.4, -0.2) is 15.3 Å². The summed E-state index contributed by atoms with van der Waals surface area (Å²) < 4.78 is 0. The van der Waals surface area contributed by atoms with Gasteiger partial charge in [0.05, 0.1) is 5.52 Å². The summed E-state index contributed by atoms with van der Waals surface area (Å²) in [6.45, 7) is 1.98. The molecule has 0 amide bonds. The van der Waals surface area contributed by atoms with Crippen molar-refractivity contribution in [1.29, 1.82) is 5.26 Å². The van der Waals surface area contributed by atoms with E-state index in [2.05, 4.69) is 22.1 Å². The Morgan fingerprint density at radius 2 is 1.92 bits per heavy atom. The minimum absolute atomic E-state index is 0.0804. The molecular formula is C22H20ClN3. The second-order valence-electron chi connectivity index (χ2n) is 6.92.